The minimum absolute atomic E-state index is 0.275. The summed E-state index contributed by atoms with van der Waals surface area (Å²) in [5, 5.41) is 16.2. The molecule has 0 aliphatic rings. The van der Waals surface area contributed by atoms with Gasteiger partial charge >= 0.3 is 0 Å². The molecule has 2 aromatic rings. The molecule has 1 heterocycles. The van der Waals surface area contributed by atoms with Crippen LogP contribution in [-0.2, 0) is 4.74 Å². The fraction of sp³-hybridized carbons (Fsp3) is 0.167. The zero-order valence-electron chi connectivity index (χ0n) is 9.45. The first-order valence-corrected chi connectivity index (χ1v) is 5.15. The van der Waals surface area contributed by atoms with E-state index >= 15 is 0 Å². The van der Waals surface area contributed by atoms with E-state index in [2.05, 4.69) is 10.3 Å². The molecule has 5 nitrogen and oxygen atoms in total. The van der Waals surface area contributed by atoms with Crippen LogP contribution in [0.1, 0.15) is 5.56 Å². The number of aromatic nitrogens is 2. The number of ether oxygens (including phenoxy) is 1. The zero-order chi connectivity index (χ0) is 12.1. The van der Waals surface area contributed by atoms with Gasteiger partial charge in [-0.15, -0.1) is 0 Å². The van der Waals surface area contributed by atoms with E-state index in [4.69, 9.17) is 9.94 Å². The number of nitrogens with zero attached hydrogens (tertiary/aromatic N) is 3. The number of rotatable bonds is 4. The van der Waals surface area contributed by atoms with Gasteiger partial charge in [-0.05, 0) is 18.2 Å². The van der Waals surface area contributed by atoms with Crippen LogP contribution < -0.4 is 0 Å². The Morgan fingerprint density at radius 2 is 2.18 bits per heavy atom. The van der Waals surface area contributed by atoms with Crippen molar-refractivity contribution in [1.82, 2.24) is 9.78 Å². The van der Waals surface area contributed by atoms with Crippen molar-refractivity contribution in [3.8, 4) is 5.69 Å². The van der Waals surface area contributed by atoms with Crippen molar-refractivity contribution in [2.75, 3.05) is 13.7 Å². The second-order valence-electron chi connectivity index (χ2n) is 3.48. The zero-order valence-corrected chi connectivity index (χ0v) is 9.45. The van der Waals surface area contributed by atoms with Crippen molar-refractivity contribution in [1.29, 1.82) is 0 Å². The summed E-state index contributed by atoms with van der Waals surface area (Å²) in [7, 11) is 1.56. The Morgan fingerprint density at radius 3 is 2.71 bits per heavy atom. The quantitative estimate of drug-likeness (QED) is 0.495. The first-order valence-electron chi connectivity index (χ1n) is 5.15. The molecule has 1 aromatic carbocycles. The summed E-state index contributed by atoms with van der Waals surface area (Å²) in [5.74, 6) is 0. The van der Waals surface area contributed by atoms with Crippen LogP contribution in [0.3, 0.4) is 0 Å². The molecule has 1 aromatic heterocycles. The average Bonchev–Trinajstić information content (AvgIpc) is 2.90. The molecule has 0 aliphatic heterocycles. The molecule has 0 radical (unpaired) electrons. The number of oxime groups is 1. The van der Waals surface area contributed by atoms with Crippen LogP contribution in [0.25, 0.3) is 5.69 Å². The summed E-state index contributed by atoms with van der Waals surface area (Å²) in [6, 6.07) is 9.40. The normalized spacial score (nSPS) is 11.7. The minimum Gasteiger partial charge on any atom is -0.411 e. The van der Waals surface area contributed by atoms with E-state index in [-0.39, 0.29) is 6.61 Å². The number of benzene rings is 1. The van der Waals surface area contributed by atoms with E-state index in [0.717, 1.165) is 11.3 Å². The van der Waals surface area contributed by atoms with Crippen molar-refractivity contribution < 1.29 is 9.94 Å². The summed E-state index contributed by atoms with van der Waals surface area (Å²) >= 11 is 0. The van der Waals surface area contributed by atoms with Gasteiger partial charge in [-0.1, -0.05) is 17.3 Å². The van der Waals surface area contributed by atoms with Crippen LogP contribution in [0.2, 0.25) is 0 Å². The molecule has 88 valence electrons. The monoisotopic (exact) mass is 231 g/mol. The summed E-state index contributed by atoms with van der Waals surface area (Å²) in [6.07, 6.45) is 3.59. The lowest BCUT2D eigenvalue weighted by atomic mass is 10.1. The van der Waals surface area contributed by atoms with Crippen molar-refractivity contribution in [2.24, 2.45) is 5.16 Å². The molecule has 0 bridgehead atoms. The molecule has 0 saturated carbocycles. The Kier molecular flexibility index (Phi) is 3.52. The van der Waals surface area contributed by atoms with Gasteiger partial charge in [0, 0.05) is 25.1 Å². The van der Waals surface area contributed by atoms with Crippen LogP contribution in [0.5, 0.6) is 0 Å². The summed E-state index contributed by atoms with van der Waals surface area (Å²) in [4.78, 5) is 0. The standard InChI is InChI=1S/C12H13N3O2/c1-17-9-12(14-16)10-3-5-11(6-4-10)15-8-2-7-13-15/h2-8,16H,9H2,1H3. The summed E-state index contributed by atoms with van der Waals surface area (Å²) in [6.45, 7) is 0.275. The van der Waals surface area contributed by atoms with Gasteiger partial charge < -0.3 is 9.94 Å². The molecule has 5 heteroatoms. The van der Waals surface area contributed by atoms with Crippen molar-refractivity contribution in [3.05, 3.63) is 48.3 Å². The Morgan fingerprint density at radius 1 is 1.41 bits per heavy atom. The minimum atomic E-state index is 0.275. The highest BCUT2D eigenvalue weighted by Crippen LogP contribution is 2.09. The number of hydrogen-bond donors (Lipinski definition) is 1. The average molecular weight is 231 g/mol. The second-order valence-corrected chi connectivity index (χ2v) is 3.48. The first-order chi connectivity index (χ1) is 8.35. The molecular formula is C12H13N3O2. The molecule has 0 spiro atoms. The lowest BCUT2D eigenvalue weighted by molar-refractivity contribution is 0.238. The van der Waals surface area contributed by atoms with Gasteiger partial charge in [-0.25, -0.2) is 4.68 Å². The molecule has 17 heavy (non-hydrogen) atoms. The lowest BCUT2D eigenvalue weighted by Crippen LogP contribution is -2.09. The molecule has 0 amide bonds. The third-order valence-electron chi connectivity index (χ3n) is 2.37. The molecule has 2 rings (SSSR count). The Bertz CT molecular complexity index is 489. The topological polar surface area (TPSA) is 59.6 Å². The maximum Gasteiger partial charge on any atom is 0.112 e. The summed E-state index contributed by atoms with van der Waals surface area (Å²) in [5.41, 5.74) is 2.28. The van der Waals surface area contributed by atoms with Crippen molar-refractivity contribution in [3.63, 3.8) is 0 Å². The number of methoxy groups -OCH3 is 1. The molecular weight excluding hydrogens is 218 g/mol. The van der Waals surface area contributed by atoms with Gasteiger partial charge in [-0.3, -0.25) is 0 Å². The van der Waals surface area contributed by atoms with Gasteiger partial charge in [0.15, 0.2) is 0 Å². The van der Waals surface area contributed by atoms with Crippen LogP contribution in [0, 0.1) is 0 Å². The van der Waals surface area contributed by atoms with E-state index < -0.39 is 0 Å². The second kappa shape index (κ2) is 5.27. The van der Waals surface area contributed by atoms with Gasteiger partial charge in [0.2, 0.25) is 0 Å². The van der Waals surface area contributed by atoms with Crippen LogP contribution in [0.4, 0.5) is 0 Å². The summed E-state index contributed by atoms with van der Waals surface area (Å²) < 4.78 is 6.70. The predicted octanol–water partition coefficient (Wildman–Crippen LogP) is 1.70. The maximum absolute atomic E-state index is 8.85. The highest BCUT2D eigenvalue weighted by Gasteiger charge is 2.04. The smallest absolute Gasteiger partial charge is 0.112 e. The van der Waals surface area contributed by atoms with Gasteiger partial charge in [0.25, 0.3) is 0 Å². The molecule has 0 aliphatic carbocycles. The molecule has 0 atom stereocenters. The molecule has 0 unspecified atom stereocenters. The first kappa shape index (κ1) is 11.3. The maximum atomic E-state index is 8.85. The van der Waals surface area contributed by atoms with Crippen molar-refractivity contribution >= 4 is 5.71 Å². The fourth-order valence-electron chi connectivity index (χ4n) is 1.53. The van der Waals surface area contributed by atoms with Gasteiger partial charge in [0.05, 0.1) is 12.3 Å². The highest BCUT2D eigenvalue weighted by molar-refractivity contribution is 6.01. The molecule has 0 saturated heterocycles. The Labute approximate surface area is 98.9 Å². The SMILES string of the molecule is COCC(=NO)c1ccc(-n2cccn2)cc1. The Hall–Kier alpha value is -2.14. The van der Waals surface area contributed by atoms with E-state index in [1.54, 1.807) is 18.0 Å². The predicted molar refractivity (Wildman–Crippen MR) is 63.8 cm³/mol. The molecule has 0 fully saturated rings. The van der Waals surface area contributed by atoms with Crippen molar-refractivity contribution in [2.45, 2.75) is 0 Å². The third kappa shape index (κ3) is 2.51. The van der Waals surface area contributed by atoms with Crippen LogP contribution >= 0.6 is 0 Å². The van der Waals surface area contributed by atoms with Gasteiger partial charge in [0.1, 0.15) is 5.71 Å². The highest BCUT2D eigenvalue weighted by atomic mass is 16.5. The molecule has 1 N–H and O–H groups in total. The van der Waals surface area contributed by atoms with E-state index in [0.29, 0.717) is 5.71 Å². The largest absolute Gasteiger partial charge is 0.411 e. The van der Waals surface area contributed by atoms with Gasteiger partial charge in [-0.2, -0.15) is 5.10 Å². The third-order valence-corrected chi connectivity index (χ3v) is 2.37. The van der Waals surface area contributed by atoms with Crippen LogP contribution in [-0.4, -0.2) is 34.4 Å². The van der Waals surface area contributed by atoms with E-state index in [9.17, 15) is 0 Å². The lowest BCUT2D eigenvalue weighted by Gasteiger charge is -2.05. The van der Waals surface area contributed by atoms with E-state index in [1.807, 2.05) is 36.5 Å². The Balaban J connectivity index is 2.24. The van der Waals surface area contributed by atoms with Crippen LogP contribution in [0.15, 0.2) is 47.9 Å². The van der Waals surface area contributed by atoms with E-state index in [1.165, 1.54) is 0 Å². The fourth-order valence-corrected chi connectivity index (χ4v) is 1.53. The number of hydrogen-bond acceptors (Lipinski definition) is 4.